The molecule has 0 saturated heterocycles. The first-order valence-corrected chi connectivity index (χ1v) is 4.71. The van der Waals surface area contributed by atoms with E-state index in [1.54, 1.807) is 0 Å². The third kappa shape index (κ3) is 1.70. The van der Waals surface area contributed by atoms with Crippen LogP contribution < -0.4 is 16.5 Å². The van der Waals surface area contributed by atoms with E-state index in [2.05, 4.69) is 59.7 Å². The molecule has 14 heavy (non-hydrogen) atoms. The molecule has 0 aromatic heterocycles. The van der Waals surface area contributed by atoms with E-state index < -0.39 is 0 Å². The van der Waals surface area contributed by atoms with Crippen molar-refractivity contribution in [2.45, 2.75) is 19.8 Å². The number of hydrogen-bond donors (Lipinski definition) is 3. The van der Waals surface area contributed by atoms with Gasteiger partial charge in [0.05, 0.1) is 0 Å². The van der Waals surface area contributed by atoms with Gasteiger partial charge in [0.2, 0.25) is 0 Å². The van der Waals surface area contributed by atoms with E-state index in [0.717, 1.165) is 11.4 Å². The van der Waals surface area contributed by atoms with E-state index in [1.165, 1.54) is 5.56 Å². The third-order valence-electron chi connectivity index (χ3n) is 2.26. The summed E-state index contributed by atoms with van der Waals surface area (Å²) in [6.07, 6.45) is 0. The van der Waals surface area contributed by atoms with Crippen LogP contribution in [-0.4, -0.2) is 5.84 Å². The maximum atomic E-state index is 4.02. The Hall–Kier alpha value is -1.55. The lowest BCUT2D eigenvalue weighted by Crippen LogP contribution is -2.35. The van der Waals surface area contributed by atoms with Crippen molar-refractivity contribution in [2.75, 3.05) is 0 Å². The number of benzene rings is 1. The minimum atomic E-state index is 0.568. The highest BCUT2D eigenvalue weighted by atomic mass is 15.8. The van der Waals surface area contributed by atoms with E-state index in [1.807, 2.05) is 0 Å². The predicted molar refractivity (Wildman–Crippen MR) is 56.5 cm³/mol. The molecule has 0 bridgehead atoms. The molecule has 0 amide bonds. The highest BCUT2D eigenvalue weighted by molar-refractivity contribution is 5.98. The summed E-state index contributed by atoms with van der Waals surface area (Å²) in [5.74, 6) is 1.39. The van der Waals surface area contributed by atoms with Crippen LogP contribution in [0.4, 0.5) is 0 Å². The van der Waals surface area contributed by atoms with Crippen molar-refractivity contribution in [1.82, 2.24) is 16.5 Å². The van der Waals surface area contributed by atoms with Crippen LogP contribution in [0.1, 0.15) is 30.9 Å². The molecule has 0 aliphatic carbocycles. The van der Waals surface area contributed by atoms with Gasteiger partial charge < -0.3 is 0 Å². The van der Waals surface area contributed by atoms with Crippen molar-refractivity contribution in [1.29, 1.82) is 0 Å². The van der Waals surface area contributed by atoms with Crippen LogP contribution >= 0.6 is 0 Å². The summed E-state index contributed by atoms with van der Waals surface area (Å²) in [6, 6.07) is 8.39. The van der Waals surface area contributed by atoms with Crippen LogP contribution in [0.15, 0.2) is 29.4 Å². The van der Waals surface area contributed by atoms with Crippen molar-refractivity contribution < 1.29 is 0 Å². The zero-order chi connectivity index (χ0) is 9.97. The Balaban J connectivity index is 2.21. The molecule has 2 rings (SSSR count). The van der Waals surface area contributed by atoms with Crippen molar-refractivity contribution in [3.63, 3.8) is 0 Å². The second-order valence-corrected chi connectivity index (χ2v) is 3.60. The molecule has 0 radical (unpaired) electrons. The minimum Gasteiger partial charge on any atom is -0.285 e. The molecule has 0 fully saturated rings. The minimum absolute atomic E-state index is 0.568. The Morgan fingerprint density at radius 2 is 1.86 bits per heavy atom. The number of rotatable bonds is 2. The Morgan fingerprint density at radius 3 is 2.36 bits per heavy atom. The van der Waals surface area contributed by atoms with Gasteiger partial charge in [-0.3, -0.25) is 5.43 Å². The van der Waals surface area contributed by atoms with Gasteiger partial charge in [0.15, 0.2) is 5.84 Å². The molecule has 4 nitrogen and oxygen atoms in total. The molecule has 1 aliphatic heterocycles. The number of hydrogen-bond acceptors (Lipinski definition) is 4. The summed E-state index contributed by atoms with van der Waals surface area (Å²) in [5.41, 5.74) is 10.7. The van der Waals surface area contributed by atoms with E-state index in [-0.39, 0.29) is 0 Å². The van der Waals surface area contributed by atoms with Crippen LogP contribution in [0.3, 0.4) is 0 Å². The molecule has 0 spiro atoms. The molecule has 0 atom stereocenters. The quantitative estimate of drug-likeness (QED) is 0.654. The first-order chi connectivity index (χ1) is 6.77. The van der Waals surface area contributed by atoms with Crippen LogP contribution in [0, 0.1) is 0 Å². The molecule has 4 heteroatoms. The van der Waals surface area contributed by atoms with Crippen LogP contribution in [0.5, 0.6) is 0 Å². The maximum absolute atomic E-state index is 4.02. The summed E-state index contributed by atoms with van der Waals surface area (Å²) < 4.78 is 0. The first kappa shape index (κ1) is 9.02. The fourth-order valence-corrected chi connectivity index (χ4v) is 1.36. The second kappa shape index (κ2) is 3.67. The Labute approximate surface area is 83.3 Å². The Kier molecular flexibility index (Phi) is 2.37. The molecule has 1 aliphatic rings. The van der Waals surface area contributed by atoms with Gasteiger partial charge in [-0.05, 0) is 11.5 Å². The first-order valence-electron chi connectivity index (χ1n) is 4.71. The maximum Gasteiger partial charge on any atom is 0.170 e. The van der Waals surface area contributed by atoms with Gasteiger partial charge in [-0.15, -0.1) is 10.6 Å². The van der Waals surface area contributed by atoms with E-state index >= 15 is 0 Å². The van der Waals surface area contributed by atoms with E-state index in [4.69, 9.17) is 0 Å². The molecular formula is C10H14N4. The smallest absolute Gasteiger partial charge is 0.170 e. The zero-order valence-electron chi connectivity index (χ0n) is 8.33. The normalized spacial score (nSPS) is 14.9. The lowest BCUT2D eigenvalue weighted by Gasteiger charge is -2.06. The lowest BCUT2D eigenvalue weighted by molar-refractivity contribution is 0.577. The van der Waals surface area contributed by atoms with E-state index in [9.17, 15) is 0 Å². The number of nitrogens with zero attached hydrogens (tertiary/aromatic N) is 1. The topological polar surface area (TPSA) is 48.5 Å². The highest BCUT2D eigenvalue weighted by Crippen LogP contribution is 2.14. The highest BCUT2D eigenvalue weighted by Gasteiger charge is 2.07. The summed E-state index contributed by atoms with van der Waals surface area (Å²) >= 11 is 0. The largest absolute Gasteiger partial charge is 0.285 e. The molecule has 1 aromatic rings. The molecule has 1 aromatic carbocycles. The number of amidine groups is 1. The predicted octanol–water partition coefficient (Wildman–Crippen LogP) is 1.08. The number of nitrogens with one attached hydrogen (secondary N) is 3. The monoisotopic (exact) mass is 190 g/mol. The molecule has 3 N–H and O–H groups in total. The SMILES string of the molecule is CC(C)c1ccc(C2=NNNN2)cc1. The lowest BCUT2D eigenvalue weighted by atomic mass is 10.0. The Morgan fingerprint density at radius 1 is 1.14 bits per heavy atom. The average Bonchev–Trinajstić information content (AvgIpc) is 2.71. The molecule has 0 unspecified atom stereocenters. The molecule has 1 heterocycles. The molecular weight excluding hydrogens is 176 g/mol. The van der Waals surface area contributed by atoms with Crippen LogP contribution in [-0.2, 0) is 0 Å². The van der Waals surface area contributed by atoms with Crippen LogP contribution in [0.25, 0.3) is 0 Å². The van der Waals surface area contributed by atoms with Gasteiger partial charge in [-0.1, -0.05) is 38.1 Å². The van der Waals surface area contributed by atoms with Gasteiger partial charge in [0.1, 0.15) is 0 Å². The van der Waals surface area contributed by atoms with Crippen molar-refractivity contribution in [3.05, 3.63) is 35.4 Å². The fourth-order valence-electron chi connectivity index (χ4n) is 1.36. The zero-order valence-corrected chi connectivity index (χ0v) is 8.33. The van der Waals surface area contributed by atoms with Crippen molar-refractivity contribution in [3.8, 4) is 0 Å². The number of hydrazine groups is 2. The van der Waals surface area contributed by atoms with Crippen molar-refractivity contribution in [2.24, 2.45) is 5.10 Å². The summed E-state index contributed by atoms with van der Waals surface area (Å²) in [6.45, 7) is 4.37. The fraction of sp³-hybridized carbons (Fsp3) is 0.300. The summed E-state index contributed by atoms with van der Waals surface area (Å²) in [7, 11) is 0. The van der Waals surface area contributed by atoms with Gasteiger partial charge >= 0.3 is 0 Å². The van der Waals surface area contributed by atoms with E-state index in [0.29, 0.717) is 5.92 Å². The standard InChI is InChI=1S/C10H14N4/c1-7(2)8-3-5-9(6-4-8)10-11-13-14-12-10/h3-7,13-14H,1-2H3,(H,11,12). The van der Waals surface area contributed by atoms with Gasteiger partial charge in [0.25, 0.3) is 0 Å². The Bertz CT molecular complexity index is 340. The van der Waals surface area contributed by atoms with Gasteiger partial charge in [-0.25, -0.2) is 5.53 Å². The summed E-state index contributed by atoms with van der Waals surface area (Å²) in [5, 5.41) is 4.02. The van der Waals surface area contributed by atoms with Gasteiger partial charge in [0, 0.05) is 5.56 Å². The second-order valence-electron chi connectivity index (χ2n) is 3.60. The molecule has 74 valence electrons. The van der Waals surface area contributed by atoms with Crippen molar-refractivity contribution >= 4 is 5.84 Å². The third-order valence-corrected chi connectivity index (χ3v) is 2.26. The molecule has 0 saturated carbocycles. The average molecular weight is 190 g/mol. The summed E-state index contributed by atoms with van der Waals surface area (Å²) in [4.78, 5) is 0. The van der Waals surface area contributed by atoms with Crippen LogP contribution in [0.2, 0.25) is 0 Å². The number of hydrazone groups is 1. The van der Waals surface area contributed by atoms with Gasteiger partial charge in [-0.2, -0.15) is 0 Å².